The Labute approximate surface area is 150 Å². The van der Waals surface area contributed by atoms with E-state index in [-0.39, 0.29) is 10.7 Å². The van der Waals surface area contributed by atoms with Crippen LogP contribution >= 0.6 is 11.6 Å². The molecule has 3 rings (SSSR count). The molecule has 0 saturated heterocycles. The maximum atomic E-state index is 12.3. The van der Waals surface area contributed by atoms with Crippen molar-refractivity contribution in [3.8, 4) is 0 Å². The van der Waals surface area contributed by atoms with Crippen LogP contribution in [0.2, 0.25) is 5.02 Å². The molecule has 9 heteroatoms. The summed E-state index contributed by atoms with van der Waals surface area (Å²) >= 11 is 5.83. The van der Waals surface area contributed by atoms with E-state index in [2.05, 4.69) is 25.2 Å². The maximum absolute atomic E-state index is 12.3. The molecule has 2 heterocycles. The zero-order valence-corrected chi connectivity index (χ0v) is 14.5. The predicted molar refractivity (Wildman–Crippen MR) is 95.9 cm³/mol. The second-order valence-electron chi connectivity index (χ2n) is 5.08. The second-order valence-corrected chi connectivity index (χ2v) is 7.19. The molecule has 0 aliphatic rings. The smallest absolute Gasteiger partial charge is 0.263 e. The molecule has 0 atom stereocenters. The van der Waals surface area contributed by atoms with Crippen LogP contribution in [0, 0.1) is 0 Å². The number of benzene rings is 1. The Balaban J connectivity index is 1.66. The Morgan fingerprint density at radius 2 is 1.68 bits per heavy atom. The number of nitrogens with zero attached hydrogens (tertiary/aromatic N) is 3. The fourth-order valence-electron chi connectivity index (χ4n) is 2.00. The Morgan fingerprint density at radius 1 is 0.960 bits per heavy atom. The summed E-state index contributed by atoms with van der Waals surface area (Å²) in [5.74, 6) is 0.650. The van der Waals surface area contributed by atoms with Crippen molar-refractivity contribution in [2.75, 3.05) is 10.0 Å². The third-order valence-corrected chi connectivity index (χ3v) is 4.82. The van der Waals surface area contributed by atoms with E-state index in [0.717, 1.165) is 5.56 Å². The van der Waals surface area contributed by atoms with E-state index in [0.29, 0.717) is 17.4 Å². The van der Waals surface area contributed by atoms with E-state index in [1.54, 1.807) is 30.6 Å². The van der Waals surface area contributed by atoms with Crippen molar-refractivity contribution < 1.29 is 8.42 Å². The minimum atomic E-state index is -3.77. The third kappa shape index (κ3) is 4.65. The molecule has 0 saturated carbocycles. The summed E-state index contributed by atoms with van der Waals surface area (Å²) in [4.78, 5) is 4.00. The van der Waals surface area contributed by atoms with Crippen LogP contribution in [0.15, 0.2) is 65.8 Å². The number of pyridine rings is 1. The molecule has 128 valence electrons. The summed E-state index contributed by atoms with van der Waals surface area (Å²) in [6, 6.07) is 12.9. The molecule has 0 spiro atoms. The first-order chi connectivity index (χ1) is 12.0. The van der Waals surface area contributed by atoms with Gasteiger partial charge in [0.15, 0.2) is 5.82 Å². The van der Waals surface area contributed by atoms with Gasteiger partial charge in [0.25, 0.3) is 10.0 Å². The van der Waals surface area contributed by atoms with Crippen molar-refractivity contribution in [3.05, 3.63) is 71.5 Å². The molecule has 0 aliphatic heterocycles. The minimum Gasteiger partial charge on any atom is -0.365 e. The van der Waals surface area contributed by atoms with Crippen molar-refractivity contribution in [3.63, 3.8) is 0 Å². The van der Waals surface area contributed by atoms with Crippen LogP contribution in [0.4, 0.5) is 11.6 Å². The van der Waals surface area contributed by atoms with E-state index in [1.165, 1.54) is 18.2 Å². The largest absolute Gasteiger partial charge is 0.365 e. The van der Waals surface area contributed by atoms with Crippen molar-refractivity contribution >= 4 is 33.3 Å². The van der Waals surface area contributed by atoms with Gasteiger partial charge in [0.05, 0.1) is 4.90 Å². The average Bonchev–Trinajstić information content (AvgIpc) is 2.62. The van der Waals surface area contributed by atoms with Gasteiger partial charge in [-0.25, -0.2) is 8.42 Å². The molecule has 2 aromatic heterocycles. The summed E-state index contributed by atoms with van der Waals surface area (Å²) in [7, 11) is -3.77. The molecule has 0 unspecified atom stereocenters. The highest BCUT2D eigenvalue weighted by atomic mass is 35.5. The number of sulfonamides is 1. The van der Waals surface area contributed by atoms with Gasteiger partial charge in [-0.05, 0) is 48.0 Å². The lowest BCUT2D eigenvalue weighted by molar-refractivity contribution is 0.601. The topological polar surface area (TPSA) is 96.9 Å². The quantitative estimate of drug-likeness (QED) is 0.687. The zero-order chi connectivity index (χ0) is 17.7. The average molecular weight is 376 g/mol. The zero-order valence-electron chi connectivity index (χ0n) is 12.9. The number of anilines is 2. The first-order valence-corrected chi connectivity index (χ1v) is 9.14. The molecule has 7 nitrogen and oxygen atoms in total. The Morgan fingerprint density at radius 3 is 2.36 bits per heavy atom. The highest BCUT2D eigenvalue weighted by molar-refractivity contribution is 7.92. The summed E-state index contributed by atoms with van der Waals surface area (Å²) in [6.45, 7) is 0.560. The van der Waals surface area contributed by atoms with E-state index in [9.17, 15) is 8.42 Å². The van der Waals surface area contributed by atoms with E-state index < -0.39 is 10.0 Å². The maximum Gasteiger partial charge on any atom is 0.263 e. The van der Waals surface area contributed by atoms with Crippen LogP contribution < -0.4 is 10.0 Å². The summed E-state index contributed by atoms with van der Waals surface area (Å²) < 4.78 is 26.9. The molecule has 0 bridgehead atoms. The summed E-state index contributed by atoms with van der Waals surface area (Å²) in [5.41, 5.74) is 1.04. The minimum absolute atomic E-state index is 0.0571. The number of rotatable bonds is 6. The van der Waals surface area contributed by atoms with Crippen LogP contribution in [0.5, 0.6) is 0 Å². The number of aromatic nitrogens is 3. The molecule has 0 fully saturated rings. The monoisotopic (exact) mass is 375 g/mol. The van der Waals surface area contributed by atoms with Crippen LogP contribution in [0.25, 0.3) is 0 Å². The Bertz CT molecular complexity index is 950. The SMILES string of the molecule is O=S(=O)(Nc1ccc(NCc2ccncc2)nn1)c1cccc(Cl)c1. The van der Waals surface area contributed by atoms with Crippen molar-refractivity contribution in [1.82, 2.24) is 15.2 Å². The lowest BCUT2D eigenvalue weighted by Gasteiger charge is -2.08. The molecule has 0 amide bonds. The highest BCUT2D eigenvalue weighted by Crippen LogP contribution is 2.18. The fraction of sp³-hybridized carbons (Fsp3) is 0.0625. The molecule has 25 heavy (non-hydrogen) atoms. The standard InChI is InChI=1S/C16H14ClN5O2S/c17-13-2-1-3-14(10-13)25(23,24)22-16-5-4-15(20-21-16)19-11-12-6-8-18-9-7-12/h1-10H,11H2,(H,19,20)(H,21,22). The van der Waals surface area contributed by atoms with Gasteiger partial charge in [0.1, 0.15) is 5.82 Å². The van der Waals surface area contributed by atoms with Gasteiger partial charge in [-0.15, -0.1) is 10.2 Å². The molecule has 2 N–H and O–H groups in total. The van der Waals surface area contributed by atoms with Crippen molar-refractivity contribution in [2.45, 2.75) is 11.4 Å². The van der Waals surface area contributed by atoms with Gasteiger partial charge >= 0.3 is 0 Å². The highest BCUT2D eigenvalue weighted by Gasteiger charge is 2.15. The number of nitrogens with one attached hydrogen (secondary N) is 2. The van der Waals surface area contributed by atoms with Crippen LogP contribution in [0.1, 0.15) is 5.56 Å². The normalized spacial score (nSPS) is 11.1. The molecule has 0 aliphatic carbocycles. The molecule has 1 aromatic carbocycles. The molecular weight excluding hydrogens is 362 g/mol. The second kappa shape index (κ2) is 7.45. The summed E-state index contributed by atoms with van der Waals surface area (Å²) in [6.07, 6.45) is 3.41. The van der Waals surface area contributed by atoms with Crippen molar-refractivity contribution in [1.29, 1.82) is 0 Å². The van der Waals surface area contributed by atoms with Gasteiger partial charge in [0.2, 0.25) is 0 Å². The van der Waals surface area contributed by atoms with Crippen LogP contribution in [-0.2, 0) is 16.6 Å². The van der Waals surface area contributed by atoms with Gasteiger partial charge in [-0.1, -0.05) is 17.7 Å². The third-order valence-electron chi connectivity index (χ3n) is 3.23. The first-order valence-electron chi connectivity index (χ1n) is 7.28. The molecule has 0 radical (unpaired) electrons. The van der Waals surface area contributed by atoms with Crippen molar-refractivity contribution in [2.24, 2.45) is 0 Å². The Hall–Kier alpha value is -2.71. The van der Waals surface area contributed by atoms with Gasteiger partial charge in [-0.3, -0.25) is 9.71 Å². The Kier molecular flexibility index (Phi) is 5.11. The summed E-state index contributed by atoms with van der Waals surface area (Å²) in [5, 5.41) is 11.3. The van der Waals surface area contributed by atoms with E-state index in [1.807, 2.05) is 12.1 Å². The van der Waals surface area contributed by atoms with Crippen LogP contribution in [-0.4, -0.2) is 23.6 Å². The first kappa shape index (κ1) is 17.1. The lowest BCUT2D eigenvalue weighted by atomic mass is 10.3. The lowest BCUT2D eigenvalue weighted by Crippen LogP contribution is -2.14. The molecular formula is C16H14ClN5O2S. The number of halogens is 1. The number of hydrogen-bond acceptors (Lipinski definition) is 6. The van der Waals surface area contributed by atoms with Crippen LogP contribution in [0.3, 0.4) is 0 Å². The fourth-order valence-corrected chi connectivity index (χ4v) is 3.30. The van der Waals surface area contributed by atoms with Gasteiger partial charge in [-0.2, -0.15) is 0 Å². The number of hydrogen-bond donors (Lipinski definition) is 2. The predicted octanol–water partition coefficient (Wildman–Crippen LogP) is 2.94. The molecule has 3 aromatic rings. The van der Waals surface area contributed by atoms with E-state index in [4.69, 9.17) is 11.6 Å². The van der Waals surface area contributed by atoms with Gasteiger partial charge in [0, 0.05) is 24.0 Å². The van der Waals surface area contributed by atoms with Gasteiger partial charge < -0.3 is 5.32 Å². The van der Waals surface area contributed by atoms with E-state index >= 15 is 0 Å².